The van der Waals surface area contributed by atoms with Crippen molar-refractivity contribution in [3.05, 3.63) is 48.2 Å². The molecule has 0 spiro atoms. The molecule has 0 amide bonds. The van der Waals surface area contributed by atoms with E-state index in [1.807, 2.05) is 30.3 Å². The highest BCUT2D eigenvalue weighted by Gasteiger charge is 2.29. The number of aromatic nitrogens is 2. The molecule has 1 aliphatic rings. The molecule has 0 radical (unpaired) electrons. The zero-order valence-corrected chi connectivity index (χ0v) is 12.7. The molecule has 116 valence electrons. The zero-order valence-electron chi connectivity index (χ0n) is 12.7. The second-order valence-corrected chi connectivity index (χ2v) is 5.55. The summed E-state index contributed by atoms with van der Waals surface area (Å²) in [6.07, 6.45) is 4.07. The van der Waals surface area contributed by atoms with Crippen LogP contribution in [0.4, 0.5) is 5.95 Å². The van der Waals surface area contributed by atoms with E-state index < -0.39 is 6.10 Å². The fourth-order valence-corrected chi connectivity index (χ4v) is 3.00. The lowest BCUT2D eigenvalue weighted by Gasteiger charge is -2.26. The molecule has 1 N–H and O–H groups in total. The van der Waals surface area contributed by atoms with E-state index in [4.69, 9.17) is 4.74 Å². The first-order valence-corrected chi connectivity index (χ1v) is 7.64. The molecule has 2 aromatic rings. The second-order valence-electron chi connectivity index (χ2n) is 5.55. The Kier molecular flexibility index (Phi) is 4.53. The molecule has 1 aromatic carbocycles. The maximum atomic E-state index is 10.5. The lowest BCUT2D eigenvalue weighted by molar-refractivity contribution is 0.158. The van der Waals surface area contributed by atoms with E-state index in [-0.39, 0.29) is 6.04 Å². The molecule has 5 nitrogen and oxygen atoms in total. The Labute approximate surface area is 130 Å². The molecule has 0 saturated carbocycles. The van der Waals surface area contributed by atoms with Crippen LogP contribution in [-0.2, 0) is 0 Å². The van der Waals surface area contributed by atoms with Crippen molar-refractivity contribution in [3.63, 3.8) is 0 Å². The van der Waals surface area contributed by atoms with Gasteiger partial charge in [-0.3, -0.25) is 0 Å². The Balaban J connectivity index is 1.73. The van der Waals surface area contributed by atoms with Crippen LogP contribution in [0.1, 0.15) is 30.9 Å². The van der Waals surface area contributed by atoms with Gasteiger partial charge >= 0.3 is 0 Å². The van der Waals surface area contributed by atoms with Crippen LogP contribution in [0.2, 0.25) is 0 Å². The summed E-state index contributed by atoms with van der Waals surface area (Å²) in [4.78, 5) is 10.9. The minimum absolute atomic E-state index is 0.252. The number of hydrogen-bond donors (Lipinski definition) is 1. The van der Waals surface area contributed by atoms with Crippen LogP contribution < -0.4 is 9.64 Å². The highest BCUT2D eigenvalue weighted by atomic mass is 16.5. The summed E-state index contributed by atoms with van der Waals surface area (Å²) < 4.78 is 5.17. The Hall–Kier alpha value is -2.14. The van der Waals surface area contributed by atoms with E-state index in [0.717, 1.165) is 24.9 Å². The standard InChI is InChI=1S/C17H21N3O2/c1-22-16-9-10-18-17(19-16)20-11-5-8-14(20)12-15(21)13-6-3-2-4-7-13/h2-4,6-7,9-10,14-15,21H,5,8,11-12H2,1H3/t14-,15-/m1/s1. The van der Waals surface area contributed by atoms with Crippen LogP contribution in [0.15, 0.2) is 42.6 Å². The molecule has 5 heteroatoms. The topological polar surface area (TPSA) is 58.5 Å². The maximum absolute atomic E-state index is 10.5. The largest absolute Gasteiger partial charge is 0.481 e. The molecule has 1 aliphatic heterocycles. The molecule has 2 atom stereocenters. The van der Waals surface area contributed by atoms with E-state index in [1.165, 1.54) is 0 Å². The van der Waals surface area contributed by atoms with Gasteiger partial charge in [0.15, 0.2) is 0 Å². The minimum Gasteiger partial charge on any atom is -0.481 e. The first-order valence-electron chi connectivity index (χ1n) is 7.64. The van der Waals surface area contributed by atoms with Crippen LogP contribution >= 0.6 is 0 Å². The number of methoxy groups -OCH3 is 1. The summed E-state index contributed by atoms with van der Waals surface area (Å²) in [5.41, 5.74) is 0.959. The Bertz CT molecular complexity index is 606. The van der Waals surface area contributed by atoms with Crippen molar-refractivity contribution in [1.82, 2.24) is 9.97 Å². The monoisotopic (exact) mass is 299 g/mol. The number of aliphatic hydroxyl groups is 1. The van der Waals surface area contributed by atoms with Crippen molar-refractivity contribution in [3.8, 4) is 5.88 Å². The van der Waals surface area contributed by atoms with Gasteiger partial charge in [0.25, 0.3) is 0 Å². The fraction of sp³-hybridized carbons (Fsp3) is 0.412. The summed E-state index contributed by atoms with van der Waals surface area (Å²) in [5.74, 6) is 1.25. The van der Waals surface area contributed by atoms with E-state index in [9.17, 15) is 5.11 Å². The molecule has 22 heavy (non-hydrogen) atoms. The quantitative estimate of drug-likeness (QED) is 0.919. The third-order valence-corrected chi connectivity index (χ3v) is 4.14. The summed E-state index contributed by atoms with van der Waals surface area (Å²) in [5, 5.41) is 10.5. The lowest BCUT2D eigenvalue weighted by Crippen LogP contribution is -2.32. The van der Waals surface area contributed by atoms with Gasteiger partial charge in [-0.1, -0.05) is 30.3 Å². The Morgan fingerprint density at radius 1 is 1.32 bits per heavy atom. The van der Waals surface area contributed by atoms with Crippen LogP contribution in [-0.4, -0.2) is 34.8 Å². The first kappa shape index (κ1) is 14.8. The molecule has 0 bridgehead atoms. The van der Waals surface area contributed by atoms with Crippen LogP contribution in [0.3, 0.4) is 0 Å². The third kappa shape index (κ3) is 3.20. The van der Waals surface area contributed by atoms with Crippen molar-refractivity contribution >= 4 is 5.95 Å². The summed E-state index contributed by atoms with van der Waals surface area (Å²) in [7, 11) is 1.60. The normalized spacial score (nSPS) is 19.2. The van der Waals surface area contributed by atoms with E-state index in [0.29, 0.717) is 18.2 Å². The highest BCUT2D eigenvalue weighted by Crippen LogP contribution is 2.30. The lowest BCUT2D eigenvalue weighted by atomic mass is 10.0. The van der Waals surface area contributed by atoms with Gasteiger partial charge < -0.3 is 14.7 Å². The highest BCUT2D eigenvalue weighted by molar-refractivity contribution is 5.35. The maximum Gasteiger partial charge on any atom is 0.228 e. The van der Waals surface area contributed by atoms with Crippen molar-refractivity contribution in [2.45, 2.75) is 31.4 Å². The molecular weight excluding hydrogens is 278 g/mol. The van der Waals surface area contributed by atoms with E-state index >= 15 is 0 Å². The SMILES string of the molecule is COc1ccnc(N2CCC[C@@H]2C[C@@H](O)c2ccccc2)n1. The van der Waals surface area contributed by atoms with Crippen molar-refractivity contribution in [2.24, 2.45) is 0 Å². The van der Waals surface area contributed by atoms with Gasteiger partial charge in [-0.15, -0.1) is 0 Å². The van der Waals surface area contributed by atoms with Gasteiger partial charge in [-0.05, 0) is 24.8 Å². The van der Waals surface area contributed by atoms with Crippen molar-refractivity contribution in [1.29, 1.82) is 0 Å². The summed E-state index contributed by atoms with van der Waals surface area (Å²) in [6.45, 7) is 0.916. The van der Waals surface area contributed by atoms with Crippen LogP contribution in [0.25, 0.3) is 0 Å². The van der Waals surface area contributed by atoms with Gasteiger partial charge in [0.1, 0.15) is 0 Å². The average Bonchev–Trinajstić information content (AvgIpc) is 3.04. The zero-order chi connectivity index (χ0) is 15.4. The number of anilines is 1. The Morgan fingerprint density at radius 2 is 2.14 bits per heavy atom. The minimum atomic E-state index is -0.461. The fourth-order valence-electron chi connectivity index (χ4n) is 3.00. The molecule has 2 heterocycles. The van der Waals surface area contributed by atoms with Gasteiger partial charge in [0.2, 0.25) is 11.8 Å². The van der Waals surface area contributed by atoms with Gasteiger partial charge in [-0.2, -0.15) is 4.98 Å². The molecular formula is C17H21N3O2. The van der Waals surface area contributed by atoms with Gasteiger partial charge in [-0.25, -0.2) is 4.98 Å². The number of hydrogen-bond acceptors (Lipinski definition) is 5. The molecule has 3 rings (SSSR count). The number of nitrogens with zero attached hydrogens (tertiary/aromatic N) is 3. The molecule has 1 saturated heterocycles. The van der Waals surface area contributed by atoms with Gasteiger partial charge in [0, 0.05) is 24.8 Å². The molecule has 0 unspecified atom stereocenters. The van der Waals surface area contributed by atoms with Crippen molar-refractivity contribution in [2.75, 3.05) is 18.6 Å². The van der Waals surface area contributed by atoms with E-state index in [1.54, 1.807) is 19.4 Å². The van der Waals surface area contributed by atoms with Gasteiger partial charge in [0.05, 0.1) is 13.2 Å². The summed E-state index contributed by atoms with van der Waals surface area (Å²) >= 11 is 0. The predicted molar refractivity (Wildman–Crippen MR) is 85.0 cm³/mol. The van der Waals surface area contributed by atoms with Crippen LogP contribution in [0, 0.1) is 0 Å². The van der Waals surface area contributed by atoms with Crippen molar-refractivity contribution < 1.29 is 9.84 Å². The predicted octanol–water partition coefficient (Wildman–Crippen LogP) is 2.58. The number of ether oxygens (including phenoxy) is 1. The second kappa shape index (κ2) is 6.75. The first-order chi connectivity index (χ1) is 10.8. The number of rotatable bonds is 5. The molecule has 1 fully saturated rings. The van der Waals surface area contributed by atoms with E-state index in [2.05, 4.69) is 14.9 Å². The average molecular weight is 299 g/mol. The number of aliphatic hydroxyl groups excluding tert-OH is 1. The molecule has 0 aliphatic carbocycles. The number of benzene rings is 1. The smallest absolute Gasteiger partial charge is 0.228 e. The third-order valence-electron chi connectivity index (χ3n) is 4.14. The molecule has 1 aromatic heterocycles. The Morgan fingerprint density at radius 3 is 2.91 bits per heavy atom. The van der Waals surface area contributed by atoms with Crippen LogP contribution in [0.5, 0.6) is 5.88 Å². The summed E-state index contributed by atoms with van der Waals surface area (Å²) in [6, 6.07) is 11.8.